The molecule has 3 atom stereocenters. The van der Waals surface area contributed by atoms with Crippen LogP contribution in [0.2, 0.25) is 0 Å². The van der Waals surface area contributed by atoms with Gasteiger partial charge in [0, 0.05) is 6.42 Å². The van der Waals surface area contributed by atoms with E-state index in [-0.39, 0.29) is 24.3 Å². The van der Waals surface area contributed by atoms with Crippen LogP contribution in [0.3, 0.4) is 0 Å². The summed E-state index contributed by atoms with van der Waals surface area (Å²) in [5.74, 6) is -0.864. The van der Waals surface area contributed by atoms with Crippen molar-refractivity contribution in [3.63, 3.8) is 0 Å². The molecule has 1 heterocycles. The Morgan fingerprint density at radius 1 is 1.38 bits per heavy atom. The Morgan fingerprint density at radius 3 is 2.67 bits per heavy atom. The molecular formula is C17H28O4. The molecule has 0 aliphatic carbocycles. The van der Waals surface area contributed by atoms with Gasteiger partial charge >= 0.3 is 5.97 Å². The Hall–Kier alpha value is -1.13. The second-order valence-electron chi connectivity index (χ2n) is 5.80. The highest BCUT2D eigenvalue weighted by molar-refractivity contribution is 5.69. The second-order valence-corrected chi connectivity index (χ2v) is 5.80. The average Bonchev–Trinajstić information content (AvgIpc) is 2.74. The molecule has 0 aromatic carbocycles. The first-order valence-corrected chi connectivity index (χ1v) is 7.72. The maximum absolute atomic E-state index is 11.9. The lowest BCUT2D eigenvalue weighted by Crippen LogP contribution is -2.38. The van der Waals surface area contributed by atoms with Gasteiger partial charge in [0.15, 0.2) is 5.79 Å². The van der Waals surface area contributed by atoms with E-state index in [4.69, 9.17) is 14.2 Å². The summed E-state index contributed by atoms with van der Waals surface area (Å²) in [6.07, 6.45) is 6.33. The van der Waals surface area contributed by atoms with Gasteiger partial charge in [-0.1, -0.05) is 25.5 Å². The molecule has 0 radical (unpaired) electrons. The van der Waals surface area contributed by atoms with E-state index in [0.29, 0.717) is 6.42 Å². The predicted octanol–water partition coefficient (Wildman–Crippen LogP) is 3.76. The number of carbonyl (C=O) groups is 1. The molecule has 1 aliphatic rings. The summed E-state index contributed by atoms with van der Waals surface area (Å²) < 4.78 is 17.3. The van der Waals surface area contributed by atoms with Crippen LogP contribution in [0.5, 0.6) is 0 Å². The number of ether oxygens (including phenoxy) is 3. The van der Waals surface area contributed by atoms with Gasteiger partial charge in [0.25, 0.3) is 0 Å². The third kappa shape index (κ3) is 5.64. The van der Waals surface area contributed by atoms with Gasteiger partial charge in [0.1, 0.15) is 18.3 Å². The van der Waals surface area contributed by atoms with Crippen molar-refractivity contribution in [1.29, 1.82) is 0 Å². The first-order chi connectivity index (χ1) is 9.93. The van der Waals surface area contributed by atoms with E-state index in [1.807, 2.05) is 13.8 Å². The van der Waals surface area contributed by atoms with Crippen molar-refractivity contribution in [2.45, 2.75) is 77.0 Å². The summed E-state index contributed by atoms with van der Waals surface area (Å²) in [6.45, 7) is 13.2. The summed E-state index contributed by atoms with van der Waals surface area (Å²) in [5.41, 5.74) is 0. The fourth-order valence-electron chi connectivity index (χ4n) is 2.48. The largest absolute Gasteiger partial charge is 0.459 e. The van der Waals surface area contributed by atoms with Crippen molar-refractivity contribution in [3.05, 3.63) is 25.3 Å². The molecule has 0 N–H and O–H groups in total. The van der Waals surface area contributed by atoms with Gasteiger partial charge in [-0.25, -0.2) is 0 Å². The molecule has 1 fully saturated rings. The number of carbonyl (C=O) groups excluding carboxylic acids is 1. The van der Waals surface area contributed by atoms with E-state index in [0.717, 1.165) is 25.7 Å². The third-order valence-electron chi connectivity index (χ3n) is 3.41. The number of hydrogen-bond acceptors (Lipinski definition) is 4. The Kier molecular flexibility index (Phi) is 7.12. The molecule has 0 amide bonds. The molecule has 0 aromatic heterocycles. The third-order valence-corrected chi connectivity index (χ3v) is 3.41. The first-order valence-electron chi connectivity index (χ1n) is 7.72. The minimum Gasteiger partial charge on any atom is -0.459 e. The van der Waals surface area contributed by atoms with Crippen molar-refractivity contribution in [2.24, 2.45) is 0 Å². The van der Waals surface area contributed by atoms with Crippen LogP contribution in [-0.2, 0) is 19.0 Å². The number of allylic oxidation sites excluding steroid dienone is 1. The zero-order valence-electron chi connectivity index (χ0n) is 13.5. The van der Waals surface area contributed by atoms with Crippen LogP contribution >= 0.6 is 0 Å². The minimum atomic E-state index is -0.676. The quantitative estimate of drug-likeness (QED) is 0.369. The molecular weight excluding hydrogens is 268 g/mol. The Morgan fingerprint density at radius 2 is 2.10 bits per heavy atom. The van der Waals surface area contributed by atoms with Crippen LogP contribution in [-0.4, -0.2) is 30.1 Å². The van der Waals surface area contributed by atoms with Gasteiger partial charge < -0.3 is 14.2 Å². The zero-order valence-corrected chi connectivity index (χ0v) is 13.5. The molecule has 0 bridgehead atoms. The molecule has 1 saturated heterocycles. The molecule has 120 valence electrons. The molecule has 4 heteroatoms. The number of hydrogen-bond donors (Lipinski definition) is 0. The second kappa shape index (κ2) is 8.35. The van der Waals surface area contributed by atoms with Crippen molar-refractivity contribution < 1.29 is 19.0 Å². The van der Waals surface area contributed by atoms with Crippen LogP contribution in [0.4, 0.5) is 0 Å². The molecule has 4 nitrogen and oxygen atoms in total. The lowest BCUT2D eigenvalue weighted by Gasteiger charge is -2.25. The maximum Gasteiger partial charge on any atom is 0.306 e. The Labute approximate surface area is 128 Å². The highest BCUT2D eigenvalue weighted by Crippen LogP contribution is 2.33. The number of esters is 1. The van der Waals surface area contributed by atoms with E-state index >= 15 is 0 Å². The number of unbranched alkanes of at least 4 members (excludes halogenated alkanes) is 1. The molecule has 0 spiro atoms. The van der Waals surface area contributed by atoms with Gasteiger partial charge in [-0.2, -0.15) is 0 Å². The van der Waals surface area contributed by atoms with E-state index < -0.39 is 5.79 Å². The van der Waals surface area contributed by atoms with Crippen molar-refractivity contribution in [2.75, 3.05) is 0 Å². The summed E-state index contributed by atoms with van der Waals surface area (Å²) in [6, 6.07) is 0. The zero-order chi connectivity index (χ0) is 15.9. The molecule has 0 saturated carbocycles. The lowest BCUT2D eigenvalue weighted by atomic mass is 10.0. The predicted molar refractivity (Wildman–Crippen MR) is 82.9 cm³/mol. The molecule has 0 unspecified atom stereocenters. The van der Waals surface area contributed by atoms with E-state index in [1.165, 1.54) is 0 Å². The molecule has 1 rings (SSSR count). The monoisotopic (exact) mass is 296 g/mol. The minimum absolute atomic E-state index is 0.189. The van der Waals surface area contributed by atoms with Gasteiger partial charge in [0.2, 0.25) is 0 Å². The lowest BCUT2D eigenvalue weighted by molar-refractivity contribution is -0.171. The highest BCUT2D eigenvalue weighted by Gasteiger charge is 2.44. The van der Waals surface area contributed by atoms with Crippen LogP contribution in [0, 0.1) is 0 Å². The average molecular weight is 296 g/mol. The van der Waals surface area contributed by atoms with Crippen LogP contribution in [0.25, 0.3) is 0 Å². The summed E-state index contributed by atoms with van der Waals surface area (Å²) in [4.78, 5) is 11.9. The van der Waals surface area contributed by atoms with Gasteiger partial charge in [-0.3, -0.25) is 4.79 Å². The van der Waals surface area contributed by atoms with Gasteiger partial charge in [0.05, 0.1) is 0 Å². The van der Waals surface area contributed by atoms with E-state index in [9.17, 15) is 4.79 Å². The highest BCUT2D eigenvalue weighted by atomic mass is 16.8. The normalized spacial score (nSPS) is 25.3. The van der Waals surface area contributed by atoms with Crippen LogP contribution in [0.15, 0.2) is 25.3 Å². The van der Waals surface area contributed by atoms with Crippen molar-refractivity contribution >= 4 is 5.97 Å². The first kappa shape index (κ1) is 17.9. The smallest absolute Gasteiger partial charge is 0.306 e. The Bertz CT molecular complexity index is 362. The molecule has 1 aliphatic heterocycles. The van der Waals surface area contributed by atoms with Gasteiger partial charge in [-0.05, 0) is 33.1 Å². The summed E-state index contributed by atoms with van der Waals surface area (Å²) in [7, 11) is 0. The fourth-order valence-corrected chi connectivity index (χ4v) is 2.48. The van der Waals surface area contributed by atoms with E-state index in [1.54, 1.807) is 12.2 Å². The number of rotatable bonds is 9. The molecule has 0 aromatic rings. The van der Waals surface area contributed by atoms with Crippen LogP contribution in [0.1, 0.15) is 52.9 Å². The van der Waals surface area contributed by atoms with Crippen molar-refractivity contribution in [3.8, 4) is 0 Å². The van der Waals surface area contributed by atoms with E-state index in [2.05, 4.69) is 20.1 Å². The SMILES string of the molecule is C=CCCCC(=O)O[C@H](CCC)[C@H]1OC(C)(C)O[C@@H]1C=C. The summed E-state index contributed by atoms with van der Waals surface area (Å²) >= 11 is 0. The molecule has 21 heavy (non-hydrogen) atoms. The van der Waals surface area contributed by atoms with Crippen LogP contribution < -0.4 is 0 Å². The topological polar surface area (TPSA) is 44.8 Å². The maximum atomic E-state index is 11.9. The van der Waals surface area contributed by atoms with Crippen molar-refractivity contribution in [1.82, 2.24) is 0 Å². The fraction of sp³-hybridized carbons (Fsp3) is 0.706. The van der Waals surface area contributed by atoms with Gasteiger partial charge in [-0.15, -0.1) is 13.2 Å². The standard InChI is InChI=1S/C17H28O4/c1-6-9-10-12-15(18)19-14(11-7-2)16-13(8-3)20-17(4,5)21-16/h6,8,13-14,16H,1,3,7,9-12H2,2,4-5H3/t13-,14-,16+/m1/s1. The summed E-state index contributed by atoms with van der Waals surface area (Å²) in [5, 5.41) is 0. The Balaban J connectivity index is 2.65.